The van der Waals surface area contributed by atoms with E-state index in [9.17, 15) is 14.3 Å². The second-order valence-electron chi connectivity index (χ2n) is 9.78. The molecule has 1 amide bonds. The number of carbonyl (C=O) groups is 1. The highest BCUT2D eigenvalue weighted by Crippen LogP contribution is 2.32. The van der Waals surface area contributed by atoms with Crippen molar-refractivity contribution < 1.29 is 14.3 Å². The van der Waals surface area contributed by atoms with E-state index in [1.807, 2.05) is 37.3 Å². The fourth-order valence-electron chi connectivity index (χ4n) is 3.85. The molecule has 0 radical (unpaired) electrons. The third kappa shape index (κ3) is 5.52. The van der Waals surface area contributed by atoms with Gasteiger partial charge in [-0.1, -0.05) is 23.9 Å². The van der Waals surface area contributed by atoms with Gasteiger partial charge < -0.3 is 15.7 Å². The molecule has 2 heterocycles. The van der Waals surface area contributed by atoms with Crippen LogP contribution in [0.5, 0.6) is 0 Å². The van der Waals surface area contributed by atoms with Crippen molar-refractivity contribution >= 4 is 29.0 Å². The lowest BCUT2D eigenvalue weighted by molar-refractivity contribution is 0.0940. The molecule has 7 nitrogen and oxygen atoms in total. The molecule has 36 heavy (non-hydrogen) atoms. The number of nitrogens with zero attached hydrogens (tertiary/aromatic N) is 3. The van der Waals surface area contributed by atoms with E-state index in [1.54, 1.807) is 30.6 Å². The molecule has 0 atom stereocenters. The zero-order valence-electron chi connectivity index (χ0n) is 20.4. The second-order valence-corrected chi connectivity index (χ2v) is 10.9. The number of hydrogen-bond acceptors (Lipinski definition) is 6. The number of halogens is 1. The van der Waals surface area contributed by atoms with Crippen molar-refractivity contribution in [3.63, 3.8) is 0 Å². The molecular weight excluding hydrogens is 477 g/mol. The predicted molar refractivity (Wildman–Crippen MR) is 139 cm³/mol. The first-order chi connectivity index (χ1) is 17.2. The van der Waals surface area contributed by atoms with Gasteiger partial charge in [0.25, 0.3) is 5.91 Å². The van der Waals surface area contributed by atoms with Gasteiger partial charge in [0, 0.05) is 28.6 Å². The van der Waals surface area contributed by atoms with E-state index in [4.69, 9.17) is 5.10 Å². The Morgan fingerprint density at radius 3 is 2.72 bits per heavy atom. The number of nitrogens with one attached hydrogen (secondary N) is 2. The first-order valence-electron chi connectivity index (χ1n) is 11.9. The molecule has 186 valence electrons. The second kappa shape index (κ2) is 9.55. The van der Waals surface area contributed by atoms with E-state index in [0.717, 1.165) is 34.6 Å². The molecule has 0 aliphatic heterocycles. The Labute approximate surface area is 213 Å². The summed E-state index contributed by atoms with van der Waals surface area (Å²) < 4.78 is 15.5. The first kappa shape index (κ1) is 24.3. The summed E-state index contributed by atoms with van der Waals surface area (Å²) in [7, 11) is 0. The SMILES string of the molecule is Cc1cc(-c2cnc3c(NCC(C)(C)O)cc(Sc4cccc(F)c4)nn23)ccc1C(=O)NC1CC1. The average Bonchev–Trinajstić information content (AvgIpc) is 3.52. The molecule has 1 aliphatic carbocycles. The van der Waals surface area contributed by atoms with E-state index in [2.05, 4.69) is 15.6 Å². The highest BCUT2D eigenvalue weighted by atomic mass is 32.2. The average molecular weight is 506 g/mol. The van der Waals surface area contributed by atoms with Crippen molar-refractivity contribution in [3.8, 4) is 11.3 Å². The van der Waals surface area contributed by atoms with Crippen LogP contribution in [0.4, 0.5) is 10.1 Å². The normalized spacial score (nSPS) is 13.7. The molecule has 1 fully saturated rings. The van der Waals surface area contributed by atoms with Gasteiger partial charge in [-0.05, 0) is 75.6 Å². The van der Waals surface area contributed by atoms with Crippen LogP contribution in [0.25, 0.3) is 16.9 Å². The Balaban J connectivity index is 1.54. The molecule has 2 aromatic heterocycles. The number of imidazole rings is 1. The number of aryl methyl sites for hydroxylation is 1. The largest absolute Gasteiger partial charge is 0.389 e. The number of aromatic nitrogens is 3. The lowest BCUT2D eigenvalue weighted by atomic mass is 10.0. The van der Waals surface area contributed by atoms with Crippen molar-refractivity contribution in [1.82, 2.24) is 19.9 Å². The number of amides is 1. The summed E-state index contributed by atoms with van der Waals surface area (Å²) in [6.45, 7) is 5.68. The third-order valence-electron chi connectivity index (χ3n) is 5.85. The molecule has 1 aliphatic rings. The molecule has 2 aromatic carbocycles. The molecule has 9 heteroatoms. The number of aliphatic hydroxyl groups is 1. The van der Waals surface area contributed by atoms with Gasteiger partial charge in [0.2, 0.25) is 0 Å². The molecule has 4 aromatic rings. The molecular formula is C27H28FN5O2S. The Hall–Kier alpha value is -3.43. The van der Waals surface area contributed by atoms with E-state index in [1.165, 1.54) is 23.9 Å². The minimum Gasteiger partial charge on any atom is -0.389 e. The van der Waals surface area contributed by atoms with Crippen LogP contribution < -0.4 is 10.6 Å². The predicted octanol–water partition coefficient (Wildman–Crippen LogP) is 5.07. The topological polar surface area (TPSA) is 91.6 Å². The number of carbonyl (C=O) groups excluding carboxylic acids is 1. The Morgan fingerprint density at radius 1 is 1.22 bits per heavy atom. The van der Waals surface area contributed by atoms with Crippen molar-refractivity contribution in [1.29, 1.82) is 0 Å². The lowest BCUT2D eigenvalue weighted by Crippen LogP contribution is -2.29. The van der Waals surface area contributed by atoms with Crippen LogP contribution in [0.1, 0.15) is 42.6 Å². The van der Waals surface area contributed by atoms with E-state index >= 15 is 0 Å². The first-order valence-corrected chi connectivity index (χ1v) is 12.7. The molecule has 0 spiro atoms. The van der Waals surface area contributed by atoms with Crippen LogP contribution in [0.3, 0.4) is 0 Å². The zero-order valence-corrected chi connectivity index (χ0v) is 21.2. The van der Waals surface area contributed by atoms with Gasteiger partial charge in [0.15, 0.2) is 5.65 Å². The monoisotopic (exact) mass is 505 g/mol. The summed E-state index contributed by atoms with van der Waals surface area (Å²) in [6, 6.07) is 14.2. The van der Waals surface area contributed by atoms with Crippen molar-refractivity contribution in [2.75, 3.05) is 11.9 Å². The number of fused-ring (bicyclic) bond motifs is 1. The maximum atomic E-state index is 13.8. The third-order valence-corrected chi connectivity index (χ3v) is 6.75. The van der Waals surface area contributed by atoms with Crippen LogP contribution >= 0.6 is 11.8 Å². The minimum absolute atomic E-state index is 0.0512. The van der Waals surface area contributed by atoms with Crippen LogP contribution in [0.2, 0.25) is 0 Å². The number of benzene rings is 2. The van der Waals surface area contributed by atoms with Crippen LogP contribution in [0, 0.1) is 12.7 Å². The Morgan fingerprint density at radius 2 is 2.03 bits per heavy atom. The Bertz CT molecular complexity index is 1440. The van der Waals surface area contributed by atoms with E-state index in [-0.39, 0.29) is 11.7 Å². The van der Waals surface area contributed by atoms with Gasteiger partial charge in [-0.15, -0.1) is 0 Å². The van der Waals surface area contributed by atoms with Gasteiger partial charge in [-0.3, -0.25) is 4.79 Å². The van der Waals surface area contributed by atoms with Gasteiger partial charge in [0.1, 0.15) is 10.8 Å². The number of rotatable bonds is 8. The quantitative estimate of drug-likeness (QED) is 0.310. The fourth-order valence-corrected chi connectivity index (χ4v) is 4.71. The standard InChI is InChI=1S/C27H28FN5O2S/c1-16-11-17(7-10-21(16)26(34)31-19-8-9-19)23-14-29-25-22(30-15-27(2,3)35)13-24(32-33(23)25)36-20-6-4-5-18(28)12-20/h4-7,10-14,19,30,35H,8-9,15H2,1-3H3,(H,31,34). The highest BCUT2D eigenvalue weighted by molar-refractivity contribution is 7.99. The van der Waals surface area contributed by atoms with Crippen LogP contribution in [-0.4, -0.2) is 43.8 Å². The molecule has 0 bridgehead atoms. The summed E-state index contributed by atoms with van der Waals surface area (Å²) in [5.41, 5.74) is 3.53. The Kier molecular flexibility index (Phi) is 6.44. The maximum absolute atomic E-state index is 13.8. The van der Waals surface area contributed by atoms with Crippen LogP contribution in [0.15, 0.2) is 64.6 Å². The summed E-state index contributed by atoms with van der Waals surface area (Å²) in [5, 5.41) is 22.0. The van der Waals surface area contributed by atoms with Gasteiger partial charge in [-0.25, -0.2) is 13.9 Å². The molecule has 3 N–H and O–H groups in total. The molecule has 5 rings (SSSR count). The van der Waals surface area contributed by atoms with Gasteiger partial charge in [0.05, 0.1) is 23.2 Å². The minimum atomic E-state index is -0.931. The number of hydrogen-bond donors (Lipinski definition) is 3. The van der Waals surface area contributed by atoms with E-state index < -0.39 is 5.60 Å². The maximum Gasteiger partial charge on any atom is 0.251 e. The van der Waals surface area contributed by atoms with Crippen molar-refractivity contribution in [2.45, 2.75) is 55.2 Å². The summed E-state index contributed by atoms with van der Waals surface area (Å²) in [4.78, 5) is 17.9. The molecule has 0 unspecified atom stereocenters. The van der Waals surface area contributed by atoms with Crippen molar-refractivity contribution in [3.05, 3.63) is 71.7 Å². The fraction of sp³-hybridized carbons (Fsp3) is 0.296. The van der Waals surface area contributed by atoms with Gasteiger partial charge in [-0.2, -0.15) is 5.10 Å². The van der Waals surface area contributed by atoms with Crippen molar-refractivity contribution in [2.24, 2.45) is 0 Å². The summed E-state index contributed by atoms with van der Waals surface area (Å²) >= 11 is 1.34. The highest BCUT2D eigenvalue weighted by Gasteiger charge is 2.24. The molecule has 0 saturated heterocycles. The summed E-state index contributed by atoms with van der Waals surface area (Å²) in [6.07, 6.45) is 3.82. The summed E-state index contributed by atoms with van der Waals surface area (Å²) in [5.74, 6) is -0.365. The van der Waals surface area contributed by atoms with E-state index in [0.29, 0.717) is 34.5 Å². The van der Waals surface area contributed by atoms with Crippen LogP contribution in [-0.2, 0) is 0 Å². The smallest absolute Gasteiger partial charge is 0.251 e. The zero-order chi connectivity index (χ0) is 25.4. The lowest BCUT2D eigenvalue weighted by Gasteiger charge is -2.19. The van der Waals surface area contributed by atoms with Gasteiger partial charge >= 0.3 is 0 Å². The molecule has 1 saturated carbocycles. The number of anilines is 1.